The second-order valence-corrected chi connectivity index (χ2v) is 7.50. The van der Waals surface area contributed by atoms with Crippen molar-refractivity contribution in [2.75, 3.05) is 31.8 Å². The zero-order valence-electron chi connectivity index (χ0n) is 16.1. The van der Waals surface area contributed by atoms with Gasteiger partial charge in [0.2, 0.25) is 17.7 Å². The van der Waals surface area contributed by atoms with Crippen molar-refractivity contribution in [3.8, 4) is 5.75 Å². The maximum absolute atomic E-state index is 12.8. The highest BCUT2D eigenvalue weighted by Gasteiger charge is 2.34. The molecule has 1 aliphatic rings. The highest BCUT2D eigenvalue weighted by Crippen LogP contribution is 2.32. The van der Waals surface area contributed by atoms with Gasteiger partial charge in [0.1, 0.15) is 12.4 Å². The van der Waals surface area contributed by atoms with Gasteiger partial charge in [-0.2, -0.15) is 0 Å². The van der Waals surface area contributed by atoms with Crippen LogP contribution in [0.2, 0.25) is 0 Å². The summed E-state index contributed by atoms with van der Waals surface area (Å²) < 4.78 is 6.18. The Morgan fingerprint density at radius 1 is 1.17 bits per heavy atom. The Balaban J connectivity index is 1.95. The Hall–Kier alpha value is -2.90. The molecule has 1 aliphatic heterocycles. The monoisotopic (exact) mass is 532 g/mol. The van der Waals surface area contributed by atoms with Crippen LogP contribution in [0.15, 0.2) is 18.2 Å². The number of imide groups is 1. The number of carbonyl (C=O) groups excluding carboxylic acids is 4. The first-order valence-corrected chi connectivity index (χ1v) is 10.0. The van der Waals surface area contributed by atoms with Crippen LogP contribution in [0.4, 0.5) is 10.5 Å². The number of nitrogens with one attached hydrogen (secondary N) is 2. The Morgan fingerprint density at radius 2 is 1.90 bits per heavy atom. The maximum Gasteiger partial charge on any atom is 0.332 e. The third-order valence-corrected chi connectivity index (χ3v) is 4.86. The van der Waals surface area contributed by atoms with Crippen molar-refractivity contribution in [2.45, 2.75) is 19.3 Å². The highest BCUT2D eigenvalue weighted by atomic mass is 127. The van der Waals surface area contributed by atoms with Crippen LogP contribution in [-0.2, 0) is 19.2 Å². The molecule has 2 rings (SSSR count). The fraction of sp³-hybridized carbons (Fsp3) is 0.389. The first-order chi connectivity index (χ1) is 14.2. The number of halogens is 1. The molecule has 5 amide bonds. The van der Waals surface area contributed by atoms with E-state index in [2.05, 4.69) is 33.2 Å². The summed E-state index contributed by atoms with van der Waals surface area (Å²) in [6.45, 7) is -0.578. The summed E-state index contributed by atoms with van der Waals surface area (Å²) in [4.78, 5) is 61.2. The Bertz CT molecular complexity index is 861. The van der Waals surface area contributed by atoms with Gasteiger partial charge in [-0.25, -0.2) is 9.69 Å². The van der Waals surface area contributed by atoms with E-state index in [1.165, 1.54) is 12.0 Å². The van der Waals surface area contributed by atoms with Crippen LogP contribution in [0.5, 0.6) is 5.75 Å². The number of aliphatic carboxylic acids is 1. The maximum atomic E-state index is 12.8. The Morgan fingerprint density at radius 3 is 2.57 bits per heavy atom. The predicted molar refractivity (Wildman–Crippen MR) is 113 cm³/mol. The molecule has 0 atom stereocenters. The summed E-state index contributed by atoms with van der Waals surface area (Å²) in [5.41, 5.74) is 0.518. The number of hydrogen-bond acceptors (Lipinski definition) is 6. The van der Waals surface area contributed by atoms with Gasteiger partial charge in [0.15, 0.2) is 0 Å². The van der Waals surface area contributed by atoms with E-state index in [1.807, 2.05) is 6.07 Å². The number of benzene rings is 1. The van der Waals surface area contributed by atoms with Crippen LogP contribution in [0.3, 0.4) is 0 Å². The summed E-state index contributed by atoms with van der Waals surface area (Å²) in [5, 5.41) is 13.2. The van der Waals surface area contributed by atoms with Crippen LogP contribution in [-0.4, -0.2) is 66.6 Å². The van der Waals surface area contributed by atoms with Gasteiger partial charge in [0, 0.05) is 23.0 Å². The molecule has 1 aromatic rings. The molecule has 0 aliphatic carbocycles. The molecule has 1 fully saturated rings. The van der Waals surface area contributed by atoms with Gasteiger partial charge in [-0.05, 0) is 40.8 Å². The molecule has 0 radical (unpaired) electrons. The number of ether oxygens (including phenoxy) is 1. The van der Waals surface area contributed by atoms with Crippen molar-refractivity contribution >= 4 is 58.0 Å². The fourth-order valence-corrected chi connectivity index (χ4v) is 3.14. The van der Waals surface area contributed by atoms with E-state index in [9.17, 15) is 24.0 Å². The largest absolute Gasteiger partial charge is 0.495 e. The number of carbonyl (C=O) groups is 5. The summed E-state index contributed by atoms with van der Waals surface area (Å²) in [5.74, 6) is -2.29. The quantitative estimate of drug-likeness (QED) is 0.393. The second kappa shape index (κ2) is 10.8. The SMILES string of the molecule is COc1ccc(I)cc1N1CCC(=O)N(CNC(=O)CNC(=O)CCC(=O)O)C1=O. The van der Waals surface area contributed by atoms with Crippen LogP contribution in [0.25, 0.3) is 0 Å². The smallest absolute Gasteiger partial charge is 0.332 e. The summed E-state index contributed by atoms with van der Waals surface area (Å²) in [6.07, 6.45) is -0.525. The molecule has 0 aromatic heterocycles. The number of hydrogen-bond donors (Lipinski definition) is 3. The average molecular weight is 532 g/mol. The van der Waals surface area contributed by atoms with Gasteiger partial charge < -0.3 is 20.5 Å². The third kappa shape index (κ3) is 6.30. The molecule has 1 saturated heterocycles. The van der Waals surface area contributed by atoms with E-state index >= 15 is 0 Å². The summed E-state index contributed by atoms with van der Waals surface area (Å²) >= 11 is 2.10. The first kappa shape index (κ1) is 23.4. The average Bonchev–Trinajstić information content (AvgIpc) is 2.70. The molecule has 12 heteroatoms. The van der Waals surface area contributed by atoms with Crippen LogP contribution in [0, 0.1) is 3.57 Å². The molecule has 30 heavy (non-hydrogen) atoms. The molecular formula is C18H21IN4O7. The highest BCUT2D eigenvalue weighted by molar-refractivity contribution is 14.1. The Kier molecular flexibility index (Phi) is 8.38. The van der Waals surface area contributed by atoms with Crippen LogP contribution < -0.4 is 20.3 Å². The van der Waals surface area contributed by atoms with Crippen molar-refractivity contribution in [2.24, 2.45) is 0 Å². The van der Waals surface area contributed by atoms with Crippen molar-refractivity contribution < 1.29 is 33.8 Å². The minimum absolute atomic E-state index is 0.0716. The van der Waals surface area contributed by atoms with Gasteiger partial charge >= 0.3 is 12.0 Å². The lowest BCUT2D eigenvalue weighted by molar-refractivity contribution is -0.138. The standard InChI is InChI=1S/C18H21IN4O7/c1-30-13-3-2-11(19)8-12(13)22-7-6-16(26)23(18(22)29)10-21-15(25)9-20-14(24)4-5-17(27)28/h2-3,8H,4-7,9-10H2,1H3,(H,20,24)(H,21,25)(H,27,28). The number of urea groups is 1. The summed E-state index contributed by atoms with van der Waals surface area (Å²) in [6, 6.07) is 4.71. The molecule has 1 aromatic carbocycles. The van der Waals surface area contributed by atoms with Gasteiger partial charge in [0.05, 0.1) is 25.8 Å². The number of amides is 5. The van der Waals surface area contributed by atoms with Crippen LogP contribution >= 0.6 is 22.6 Å². The van der Waals surface area contributed by atoms with Crippen molar-refractivity contribution in [1.29, 1.82) is 0 Å². The van der Waals surface area contributed by atoms with E-state index in [0.717, 1.165) is 8.47 Å². The zero-order valence-corrected chi connectivity index (χ0v) is 18.3. The number of carboxylic acids is 1. The lowest BCUT2D eigenvalue weighted by Crippen LogP contribution is -2.56. The van der Waals surface area contributed by atoms with Gasteiger partial charge in [-0.15, -0.1) is 0 Å². The second-order valence-electron chi connectivity index (χ2n) is 6.25. The zero-order chi connectivity index (χ0) is 22.3. The van der Waals surface area contributed by atoms with Gasteiger partial charge in [-0.3, -0.25) is 24.1 Å². The van der Waals surface area contributed by atoms with Crippen molar-refractivity contribution in [1.82, 2.24) is 15.5 Å². The molecule has 3 N–H and O–H groups in total. The van der Waals surface area contributed by atoms with Crippen LogP contribution in [0.1, 0.15) is 19.3 Å². The predicted octanol–water partition coefficient (Wildman–Crippen LogP) is 0.513. The molecule has 0 saturated carbocycles. The van der Waals surface area contributed by atoms with E-state index in [1.54, 1.807) is 12.1 Å². The van der Waals surface area contributed by atoms with Crippen molar-refractivity contribution in [3.05, 3.63) is 21.8 Å². The number of methoxy groups -OCH3 is 1. The number of carboxylic acid groups (broad SMARTS) is 1. The molecule has 0 bridgehead atoms. The van der Waals surface area contributed by atoms with Gasteiger partial charge in [-0.1, -0.05) is 0 Å². The van der Waals surface area contributed by atoms with E-state index in [-0.39, 0.29) is 32.5 Å². The fourth-order valence-electron chi connectivity index (χ4n) is 2.66. The summed E-state index contributed by atoms with van der Waals surface area (Å²) in [7, 11) is 1.48. The molecule has 162 valence electrons. The van der Waals surface area contributed by atoms with Crippen molar-refractivity contribution in [3.63, 3.8) is 0 Å². The number of anilines is 1. The third-order valence-electron chi connectivity index (χ3n) is 4.19. The van der Waals surface area contributed by atoms with Gasteiger partial charge in [0.25, 0.3) is 0 Å². The first-order valence-electron chi connectivity index (χ1n) is 8.93. The Labute approximate surface area is 185 Å². The lowest BCUT2D eigenvalue weighted by Gasteiger charge is -2.34. The van der Waals surface area contributed by atoms with E-state index in [4.69, 9.17) is 9.84 Å². The topological polar surface area (TPSA) is 145 Å². The minimum atomic E-state index is -1.12. The molecule has 0 unspecified atom stereocenters. The number of nitrogens with zero attached hydrogens (tertiary/aromatic N) is 2. The molecule has 11 nitrogen and oxygen atoms in total. The molecular weight excluding hydrogens is 511 g/mol. The van der Waals surface area contributed by atoms with E-state index < -0.39 is 36.3 Å². The lowest BCUT2D eigenvalue weighted by atomic mass is 10.2. The number of rotatable bonds is 9. The molecule has 0 spiro atoms. The van der Waals surface area contributed by atoms with E-state index in [0.29, 0.717) is 11.4 Å². The minimum Gasteiger partial charge on any atom is -0.495 e. The molecule has 1 heterocycles. The normalized spacial score (nSPS) is 13.8.